The molecule has 29 heteroatoms. The van der Waals surface area contributed by atoms with Crippen molar-refractivity contribution in [2.24, 2.45) is 0 Å². The summed E-state index contributed by atoms with van der Waals surface area (Å²) in [6, 6.07) is 2.75. The first-order valence-corrected chi connectivity index (χ1v) is 20.2. The zero-order valence-corrected chi connectivity index (χ0v) is 32.8. The fourth-order valence-corrected chi connectivity index (χ4v) is 7.70. The largest absolute Gasteiger partial charge is 0.474 e. The van der Waals surface area contributed by atoms with Gasteiger partial charge in [0.1, 0.15) is 91.9 Å². The summed E-state index contributed by atoms with van der Waals surface area (Å²) in [5.41, 5.74) is 9.61. The first kappa shape index (κ1) is 47.3. The topological polar surface area (TPSA) is 413 Å². The maximum atomic E-state index is 12.9. The summed E-state index contributed by atoms with van der Waals surface area (Å²) in [5.74, 6) is -0.00604. The van der Waals surface area contributed by atoms with E-state index in [1.165, 1.54) is 24.5 Å². The lowest BCUT2D eigenvalue weighted by atomic mass is 9.98. The number of nitrogens with two attached hydrogens (primary N) is 2. The molecule has 61 heavy (non-hydrogen) atoms. The van der Waals surface area contributed by atoms with E-state index in [9.17, 15) is 59.9 Å². The molecule has 13 N–H and O–H groups in total. The molecule has 0 bridgehead atoms. The number of nitrogens with zero attached hydrogens (tertiary/aromatic N) is 4. The Labute approximate surface area is 343 Å². The van der Waals surface area contributed by atoms with E-state index in [0.717, 1.165) is 9.13 Å². The molecular weight excluding hydrogens is 851 g/mol. The van der Waals surface area contributed by atoms with Gasteiger partial charge < -0.3 is 95.1 Å². The van der Waals surface area contributed by atoms with Crippen LogP contribution in [0.1, 0.15) is 25.3 Å². The summed E-state index contributed by atoms with van der Waals surface area (Å²) < 4.78 is 69.0. The molecule has 0 aromatic carbocycles. The van der Waals surface area contributed by atoms with Gasteiger partial charge >= 0.3 is 19.2 Å². The van der Waals surface area contributed by atoms with Crippen molar-refractivity contribution in [3.05, 3.63) is 45.5 Å². The Morgan fingerprint density at radius 2 is 1.25 bits per heavy atom. The molecule has 6 heterocycles. The number of ether oxygens (including phenoxy) is 8. The van der Waals surface area contributed by atoms with E-state index < -0.39 is 144 Å². The Morgan fingerprint density at radius 1 is 0.689 bits per heavy atom. The predicted octanol–water partition coefficient (Wildman–Crippen LogP) is -6.31. The van der Waals surface area contributed by atoms with Gasteiger partial charge in [0.05, 0.1) is 38.6 Å². The van der Waals surface area contributed by atoms with Crippen LogP contribution in [-0.2, 0) is 51.5 Å². The van der Waals surface area contributed by atoms with Crippen LogP contribution < -0.4 is 22.8 Å². The van der Waals surface area contributed by atoms with E-state index >= 15 is 0 Å². The number of aliphatic hydroxyl groups is 8. The molecule has 4 fully saturated rings. The van der Waals surface area contributed by atoms with Crippen LogP contribution in [0.15, 0.2) is 34.1 Å². The molecule has 6 rings (SSSR count). The van der Waals surface area contributed by atoms with E-state index in [-0.39, 0.29) is 37.7 Å². The highest BCUT2D eigenvalue weighted by molar-refractivity contribution is 7.47. The molecule has 344 valence electrons. The van der Waals surface area contributed by atoms with Crippen molar-refractivity contribution in [3.63, 3.8) is 0 Å². The van der Waals surface area contributed by atoms with Gasteiger partial charge in [-0.15, -0.1) is 0 Å². The monoisotopic (exact) mass is 900 g/mol. The highest BCUT2D eigenvalue weighted by atomic mass is 31.2. The average Bonchev–Trinajstić information content (AvgIpc) is 3.76. The molecule has 17 atom stereocenters. The van der Waals surface area contributed by atoms with E-state index in [1.54, 1.807) is 0 Å². The van der Waals surface area contributed by atoms with Gasteiger partial charge in [-0.2, -0.15) is 9.97 Å². The third-order valence-electron chi connectivity index (χ3n) is 10.1. The average molecular weight is 901 g/mol. The van der Waals surface area contributed by atoms with Gasteiger partial charge in [-0.05, 0) is 12.1 Å². The highest BCUT2D eigenvalue weighted by Crippen LogP contribution is 2.47. The van der Waals surface area contributed by atoms with Gasteiger partial charge in [0.15, 0.2) is 19.4 Å². The summed E-state index contributed by atoms with van der Waals surface area (Å²) in [6.45, 7) is -3.77. The van der Waals surface area contributed by atoms with Crippen LogP contribution in [-0.4, -0.2) is 191 Å². The Kier molecular flexibility index (Phi) is 15.9. The second-order valence-corrected chi connectivity index (χ2v) is 15.7. The summed E-state index contributed by atoms with van der Waals surface area (Å²) in [5, 5.41) is 83.6. The van der Waals surface area contributed by atoms with E-state index in [1.807, 2.05) is 0 Å². The minimum Gasteiger partial charge on any atom is -0.394 e. The summed E-state index contributed by atoms with van der Waals surface area (Å²) >= 11 is 0. The Hall–Kier alpha value is -3.17. The lowest BCUT2D eigenvalue weighted by Gasteiger charge is -2.43. The van der Waals surface area contributed by atoms with Crippen molar-refractivity contribution >= 4 is 19.5 Å². The van der Waals surface area contributed by atoms with Crippen molar-refractivity contribution in [2.75, 3.05) is 51.5 Å². The van der Waals surface area contributed by atoms with Crippen LogP contribution in [0.5, 0.6) is 0 Å². The second-order valence-electron chi connectivity index (χ2n) is 14.3. The van der Waals surface area contributed by atoms with E-state index in [0.29, 0.717) is 0 Å². The first-order valence-electron chi connectivity index (χ1n) is 18.7. The number of phosphoric ester groups is 1. The molecule has 17 unspecified atom stereocenters. The van der Waals surface area contributed by atoms with Gasteiger partial charge in [-0.25, -0.2) is 14.2 Å². The quantitative estimate of drug-likeness (QED) is 0.0376. The first-order chi connectivity index (χ1) is 29.0. The van der Waals surface area contributed by atoms with Gasteiger partial charge in [0.2, 0.25) is 0 Å². The summed E-state index contributed by atoms with van der Waals surface area (Å²) in [7, 11) is -5.18. The van der Waals surface area contributed by atoms with Crippen molar-refractivity contribution in [3.8, 4) is 0 Å². The van der Waals surface area contributed by atoms with Crippen LogP contribution in [0.25, 0.3) is 0 Å². The van der Waals surface area contributed by atoms with Gasteiger partial charge in [-0.3, -0.25) is 18.2 Å². The summed E-state index contributed by atoms with van der Waals surface area (Å²) in [6.07, 6.45) is -21.2. The van der Waals surface area contributed by atoms with Crippen molar-refractivity contribution in [1.82, 2.24) is 19.1 Å². The standard InChI is InChI=1S/C32H49N6O22P/c33-19-1-3-37(31(47)35-19)21-5-13(40)16(56-21)8-51-11-54-27-18(58-29(46)25(44)24(27)43)10-53-30-26(45)28(23(42)15(7-39)59-30)60-61(49,50)55-12-52-9-17-14(41)6-22(57-17)38-4-2-20(34)36-32(38)48/h1-4,13-18,21-30,39-46H,5-12H2,(H,49,50)(H2,33,35,47)(H2,34,36,48). The number of anilines is 2. The predicted molar refractivity (Wildman–Crippen MR) is 194 cm³/mol. The van der Waals surface area contributed by atoms with E-state index in [2.05, 4.69) is 9.97 Å². The zero-order valence-electron chi connectivity index (χ0n) is 31.9. The fraction of sp³-hybridized carbons (Fsp3) is 0.750. The zero-order chi connectivity index (χ0) is 44.2. The maximum Gasteiger partial charge on any atom is 0.474 e. The molecule has 28 nitrogen and oxygen atoms in total. The minimum atomic E-state index is -5.18. The van der Waals surface area contributed by atoms with Crippen LogP contribution >= 0.6 is 7.82 Å². The van der Waals surface area contributed by atoms with Crippen LogP contribution in [0, 0.1) is 0 Å². The molecule has 0 saturated carbocycles. The van der Waals surface area contributed by atoms with Crippen molar-refractivity contribution in [2.45, 2.75) is 111 Å². The van der Waals surface area contributed by atoms with E-state index in [4.69, 9.17) is 58.4 Å². The fourth-order valence-electron chi connectivity index (χ4n) is 6.87. The minimum absolute atomic E-state index is 0.00423. The van der Waals surface area contributed by atoms with Gasteiger partial charge in [0, 0.05) is 25.2 Å². The maximum absolute atomic E-state index is 12.9. The SMILES string of the molecule is Nc1ccn(C2CC(O)C(COCOC3C(COC4OC(CO)C(O)C(OP(=O)(O)OCOCC5OC(n6ccc(N)nc6=O)CC5O)C4O)OC(O)C(O)C3O)O2)c(=O)n1. The number of hydrogen-bond donors (Lipinski definition) is 11. The number of aromatic nitrogens is 4. The molecular formula is C32H49N6O22P. The molecule has 0 spiro atoms. The van der Waals surface area contributed by atoms with Crippen LogP contribution in [0.2, 0.25) is 0 Å². The lowest BCUT2D eigenvalue weighted by Crippen LogP contribution is -2.62. The Bertz CT molecular complexity index is 1920. The van der Waals surface area contributed by atoms with Crippen LogP contribution in [0.4, 0.5) is 11.6 Å². The molecule has 2 aromatic heterocycles. The van der Waals surface area contributed by atoms with Crippen molar-refractivity contribution in [1.29, 1.82) is 0 Å². The number of phosphoric acid groups is 1. The third-order valence-corrected chi connectivity index (χ3v) is 11.0. The molecule has 2 aromatic rings. The number of hydrogen-bond acceptors (Lipinski definition) is 25. The number of nitrogen functional groups attached to an aromatic ring is 2. The normalized spacial score (nSPS) is 37.8. The lowest BCUT2D eigenvalue weighted by molar-refractivity contribution is -0.332. The number of rotatable bonds is 18. The molecule has 0 aliphatic carbocycles. The molecule has 4 aliphatic heterocycles. The van der Waals surface area contributed by atoms with Gasteiger partial charge in [-0.1, -0.05) is 0 Å². The van der Waals surface area contributed by atoms with Gasteiger partial charge in [0.25, 0.3) is 0 Å². The van der Waals surface area contributed by atoms with Crippen LogP contribution in [0.3, 0.4) is 0 Å². The third kappa shape index (κ3) is 11.5. The Balaban J connectivity index is 0.985. The molecule has 4 aliphatic rings. The summed E-state index contributed by atoms with van der Waals surface area (Å²) in [4.78, 5) is 42.0. The second kappa shape index (κ2) is 20.6. The molecule has 0 radical (unpaired) electrons. The van der Waals surface area contributed by atoms with Crippen molar-refractivity contribution < 1.29 is 97.3 Å². The Morgan fingerprint density at radius 3 is 1.79 bits per heavy atom. The molecule has 4 saturated heterocycles. The number of aliphatic hydroxyl groups excluding tert-OH is 8. The highest BCUT2D eigenvalue weighted by Gasteiger charge is 2.51. The smallest absolute Gasteiger partial charge is 0.394 e. The molecule has 0 amide bonds.